The summed E-state index contributed by atoms with van der Waals surface area (Å²) in [5, 5.41) is 5.44. The first-order valence-electron chi connectivity index (χ1n) is 13.8. The number of likely N-dealkylation sites (tertiary alicyclic amines) is 1. The predicted molar refractivity (Wildman–Crippen MR) is 155 cm³/mol. The van der Waals surface area contributed by atoms with Gasteiger partial charge in [-0.2, -0.15) is 0 Å². The molecule has 220 valence electrons. The molecule has 3 aromatic rings. The molecule has 2 bridgehead atoms. The number of amides is 3. The molecule has 2 aromatic carbocycles. The van der Waals surface area contributed by atoms with Gasteiger partial charge in [-0.1, -0.05) is 31.0 Å². The summed E-state index contributed by atoms with van der Waals surface area (Å²) in [4.78, 5) is 44.8. The lowest BCUT2D eigenvalue weighted by Crippen LogP contribution is -2.41. The van der Waals surface area contributed by atoms with E-state index in [4.69, 9.17) is 11.6 Å². The molecule has 11 heteroatoms. The first-order valence-corrected chi connectivity index (χ1v) is 14.2. The van der Waals surface area contributed by atoms with E-state index in [-0.39, 0.29) is 40.8 Å². The molecule has 0 spiro atoms. The van der Waals surface area contributed by atoms with Crippen LogP contribution in [0, 0.1) is 17.6 Å². The molecule has 2 N–H and O–H groups in total. The maximum Gasteiger partial charge on any atom is 0.411 e. The Labute approximate surface area is 247 Å². The van der Waals surface area contributed by atoms with Gasteiger partial charge in [-0.3, -0.25) is 19.9 Å². The minimum absolute atomic E-state index is 0.0536. The maximum atomic E-state index is 14.8. The summed E-state index contributed by atoms with van der Waals surface area (Å²) in [5.74, 6) is -2.86. The van der Waals surface area contributed by atoms with Gasteiger partial charge in [-0.05, 0) is 61.2 Å². The van der Waals surface area contributed by atoms with E-state index in [0.717, 1.165) is 11.6 Å². The SMILES string of the molecule is COC(=O)Nc1ccc2c(c1)NC(=O)[C@H](C)CCC[C@H](N1CCC(c3c(F)ccc(Cl)c3F)CC1=O)c1cc-2ccn1. The fourth-order valence-electron chi connectivity index (χ4n) is 5.75. The molecular formula is C31H31ClF2N4O4. The molecule has 1 saturated heterocycles. The highest BCUT2D eigenvalue weighted by Gasteiger charge is 2.35. The molecule has 1 aromatic heterocycles. The highest BCUT2D eigenvalue weighted by atomic mass is 35.5. The van der Waals surface area contributed by atoms with E-state index in [2.05, 4.69) is 20.4 Å². The molecule has 0 saturated carbocycles. The number of carbonyl (C=O) groups excluding carboxylic acids is 3. The summed E-state index contributed by atoms with van der Waals surface area (Å²) >= 11 is 5.91. The molecule has 3 amide bonds. The summed E-state index contributed by atoms with van der Waals surface area (Å²) in [5.41, 5.74) is 2.98. The summed E-state index contributed by atoms with van der Waals surface area (Å²) in [7, 11) is 1.27. The van der Waals surface area contributed by atoms with Crippen molar-refractivity contribution in [2.75, 3.05) is 24.3 Å². The number of hydrogen-bond donors (Lipinski definition) is 2. The number of aromatic nitrogens is 1. The number of ether oxygens (including phenoxy) is 1. The molecule has 1 unspecified atom stereocenters. The third kappa shape index (κ3) is 6.09. The molecule has 1 fully saturated rings. The summed E-state index contributed by atoms with van der Waals surface area (Å²) in [6, 6.07) is 10.8. The van der Waals surface area contributed by atoms with Gasteiger partial charge < -0.3 is 15.0 Å². The van der Waals surface area contributed by atoms with Gasteiger partial charge in [0.25, 0.3) is 0 Å². The van der Waals surface area contributed by atoms with Crippen molar-refractivity contribution in [3.63, 3.8) is 0 Å². The second-order valence-corrected chi connectivity index (χ2v) is 11.1. The summed E-state index contributed by atoms with van der Waals surface area (Å²) < 4.78 is 34.0. The Bertz CT molecular complexity index is 1530. The molecule has 2 aliphatic heterocycles. The Morgan fingerprint density at radius 2 is 1.93 bits per heavy atom. The summed E-state index contributed by atoms with van der Waals surface area (Å²) in [6.07, 6.45) is 3.13. The third-order valence-electron chi connectivity index (χ3n) is 8.03. The van der Waals surface area contributed by atoms with E-state index in [0.29, 0.717) is 54.9 Å². The average Bonchev–Trinajstić information content (AvgIpc) is 2.97. The number of rotatable bonds is 3. The fraction of sp³-hybridized carbons (Fsp3) is 0.355. The Hall–Kier alpha value is -4.05. The highest BCUT2D eigenvalue weighted by molar-refractivity contribution is 6.30. The van der Waals surface area contributed by atoms with E-state index in [1.807, 2.05) is 19.1 Å². The molecule has 3 heterocycles. The van der Waals surface area contributed by atoms with Gasteiger partial charge in [-0.15, -0.1) is 0 Å². The quantitative estimate of drug-likeness (QED) is 0.315. The van der Waals surface area contributed by atoms with E-state index >= 15 is 0 Å². The van der Waals surface area contributed by atoms with Crippen LogP contribution in [-0.2, 0) is 14.3 Å². The number of benzene rings is 2. The standard InChI is InChI=1S/C31H31ClF2N4O4/c1-17-4-3-5-26(38-13-11-19(15-27(38)39)28-23(33)9-8-22(32)29(28)34)25-14-18(10-12-35-25)21-7-6-20(36-31(41)42-2)16-24(21)37-30(17)40/h6-10,12,14,16-17,19,26H,3-5,11,13,15H2,1-2H3,(H,36,41)(H,37,40)/t17-,19?,26+/m1/s1. The minimum atomic E-state index is -0.820. The van der Waals surface area contributed by atoms with Gasteiger partial charge >= 0.3 is 6.09 Å². The zero-order valence-electron chi connectivity index (χ0n) is 23.3. The number of carbonyl (C=O) groups is 3. The van der Waals surface area contributed by atoms with Crippen molar-refractivity contribution in [2.45, 2.75) is 51.0 Å². The lowest BCUT2D eigenvalue weighted by atomic mass is 9.86. The lowest BCUT2D eigenvalue weighted by Gasteiger charge is -2.38. The molecule has 3 atom stereocenters. The third-order valence-corrected chi connectivity index (χ3v) is 8.32. The number of anilines is 2. The average molecular weight is 597 g/mol. The largest absolute Gasteiger partial charge is 0.453 e. The van der Waals surface area contributed by atoms with Crippen molar-refractivity contribution in [3.8, 4) is 11.1 Å². The van der Waals surface area contributed by atoms with Gasteiger partial charge in [0.1, 0.15) is 11.6 Å². The van der Waals surface area contributed by atoms with Crippen LogP contribution >= 0.6 is 11.6 Å². The number of nitrogens with zero attached hydrogens (tertiary/aromatic N) is 2. The van der Waals surface area contributed by atoms with Gasteiger partial charge in [-0.25, -0.2) is 13.6 Å². The number of halogens is 3. The molecule has 8 nitrogen and oxygen atoms in total. The van der Waals surface area contributed by atoms with Crippen LogP contribution in [0.5, 0.6) is 0 Å². The first-order chi connectivity index (χ1) is 20.2. The molecule has 2 aliphatic rings. The monoisotopic (exact) mass is 596 g/mol. The molecular weight excluding hydrogens is 566 g/mol. The Kier molecular flexibility index (Phi) is 8.72. The van der Waals surface area contributed by atoms with Crippen molar-refractivity contribution in [1.29, 1.82) is 0 Å². The van der Waals surface area contributed by atoms with Crippen molar-refractivity contribution in [2.24, 2.45) is 5.92 Å². The van der Waals surface area contributed by atoms with E-state index in [1.165, 1.54) is 13.2 Å². The van der Waals surface area contributed by atoms with Gasteiger partial charge in [0.05, 0.1) is 29.6 Å². The Balaban J connectivity index is 1.48. The summed E-state index contributed by atoms with van der Waals surface area (Å²) in [6.45, 7) is 2.13. The number of piperidine rings is 1. The van der Waals surface area contributed by atoms with E-state index < -0.39 is 23.6 Å². The van der Waals surface area contributed by atoms with Crippen LogP contribution in [0.1, 0.15) is 62.2 Å². The minimum Gasteiger partial charge on any atom is -0.453 e. The molecule has 5 rings (SSSR count). The van der Waals surface area contributed by atoms with Crippen LogP contribution < -0.4 is 10.6 Å². The predicted octanol–water partition coefficient (Wildman–Crippen LogP) is 7.06. The van der Waals surface area contributed by atoms with Crippen LogP contribution in [0.4, 0.5) is 25.0 Å². The molecule has 0 radical (unpaired) electrons. The second-order valence-electron chi connectivity index (χ2n) is 10.7. The smallest absolute Gasteiger partial charge is 0.411 e. The number of nitrogens with one attached hydrogen (secondary N) is 2. The van der Waals surface area contributed by atoms with Gasteiger partial charge in [0, 0.05) is 47.8 Å². The van der Waals surface area contributed by atoms with Crippen molar-refractivity contribution in [3.05, 3.63) is 76.6 Å². The topological polar surface area (TPSA) is 101 Å². The van der Waals surface area contributed by atoms with Crippen LogP contribution in [0.15, 0.2) is 48.7 Å². The van der Waals surface area contributed by atoms with Crippen molar-refractivity contribution < 1.29 is 27.9 Å². The lowest BCUT2D eigenvalue weighted by molar-refractivity contribution is -0.137. The van der Waals surface area contributed by atoms with Crippen molar-refractivity contribution in [1.82, 2.24) is 9.88 Å². The van der Waals surface area contributed by atoms with Crippen LogP contribution in [0.3, 0.4) is 0 Å². The van der Waals surface area contributed by atoms with Gasteiger partial charge in [0.15, 0.2) is 0 Å². The van der Waals surface area contributed by atoms with E-state index in [9.17, 15) is 23.2 Å². The molecule has 42 heavy (non-hydrogen) atoms. The first kappa shape index (κ1) is 29.4. The van der Waals surface area contributed by atoms with Crippen LogP contribution in [-0.4, -0.2) is 41.4 Å². The number of hydrogen-bond acceptors (Lipinski definition) is 5. The van der Waals surface area contributed by atoms with Crippen LogP contribution in [0.2, 0.25) is 5.02 Å². The zero-order chi connectivity index (χ0) is 30.0. The van der Waals surface area contributed by atoms with Gasteiger partial charge in [0.2, 0.25) is 11.8 Å². The number of methoxy groups -OCH3 is 1. The Morgan fingerprint density at radius 3 is 2.69 bits per heavy atom. The molecule has 0 aliphatic carbocycles. The number of fused-ring (bicyclic) bond motifs is 4. The van der Waals surface area contributed by atoms with Crippen LogP contribution in [0.25, 0.3) is 11.1 Å². The zero-order valence-corrected chi connectivity index (χ0v) is 24.0. The maximum absolute atomic E-state index is 14.8. The fourth-order valence-corrected chi connectivity index (χ4v) is 5.92. The highest BCUT2D eigenvalue weighted by Crippen LogP contribution is 2.40. The van der Waals surface area contributed by atoms with Crippen molar-refractivity contribution >= 4 is 40.9 Å². The normalized spacial score (nSPS) is 21.0. The second kappa shape index (κ2) is 12.4. The number of pyridine rings is 1. The van der Waals surface area contributed by atoms with E-state index in [1.54, 1.807) is 29.3 Å². The Morgan fingerprint density at radius 1 is 1.12 bits per heavy atom.